The molecule has 1 amide bonds. The van der Waals surface area contributed by atoms with Crippen molar-refractivity contribution < 1.29 is 24.2 Å². The van der Waals surface area contributed by atoms with Gasteiger partial charge in [-0.3, -0.25) is 4.79 Å². The molecule has 6 nitrogen and oxygen atoms in total. The lowest BCUT2D eigenvalue weighted by Crippen LogP contribution is -2.40. The Morgan fingerprint density at radius 3 is 2.54 bits per heavy atom. The van der Waals surface area contributed by atoms with Crippen LogP contribution in [0.4, 0.5) is 0 Å². The fourth-order valence-corrected chi connectivity index (χ4v) is 3.53. The minimum atomic E-state index is -0.972. The highest BCUT2D eigenvalue weighted by Gasteiger charge is 2.35. The Labute approximate surface area is 151 Å². The maximum Gasteiger partial charge on any atom is 0.326 e. The van der Waals surface area contributed by atoms with E-state index in [0.717, 1.165) is 22.4 Å². The van der Waals surface area contributed by atoms with Gasteiger partial charge in [-0.2, -0.15) is 0 Å². The van der Waals surface area contributed by atoms with E-state index in [1.165, 1.54) is 4.90 Å². The van der Waals surface area contributed by atoms with Gasteiger partial charge in [-0.15, -0.1) is 0 Å². The number of aliphatic carboxylic acids is 1. The highest BCUT2D eigenvalue weighted by atomic mass is 16.6. The summed E-state index contributed by atoms with van der Waals surface area (Å²) < 4.78 is 11.2. The summed E-state index contributed by atoms with van der Waals surface area (Å²) in [6.07, 6.45) is 0.379. The summed E-state index contributed by atoms with van der Waals surface area (Å²) in [6, 6.07) is 10.6. The summed E-state index contributed by atoms with van der Waals surface area (Å²) in [4.78, 5) is 25.4. The largest absolute Gasteiger partial charge is 0.486 e. The fraction of sp³-hybridized carbons (Fsp3) is 0.300. The molecule has 0 fully saturated rings. The zero-order chi connectivity index (χ0) is 18.3. The Hall–Kier alpha value is -3.02. The SMILES string of the molecule is CC[C@@H](C(=O)O)N1Cc2cc(-c3ccc4c(c3)OCCO4)ccc2C1=O. The molecule has 2 heterocycles. The zero-order valence-electron chi connectivity index (χ0n) is 14.4. The van der Waals surface area contributed by atoms with E-state index >= 15 is 0 Å². The van der Waals surface area contributed by atoms with E-state index in [1.54, 1.807) is 13.0 Å². The number of rotatable bonds is 4. The summed E-state index contributed by atoms with van der Waals surface area (Å²) in [5.41, 5.74) is 3.35. The van der Waals surface area contributed by atoms with Gasteiger partial charge in [-0.1, -0.05) is 19.1 Å². The number of hydrogen-bond donors (Lipinski definition) is 1. The summed E-state index contributed by atoms with van der Waals surface area (Å²) >= 11 is 0. The number of nitrogens with zero attached hydrogens (tertiary/aromatic N) is 1. The molecule has 0 saturated heterocycles. The molecule has 1 N–H and O–H groups in total. The van der Waals surface area contributed by atoms with Gasteiger partial charge in [-0.25, -0.2) is 4.79 Å². The van der Waals surface area contributed by atoms with E-state index in [9.17, 15) is 14.7 Å². The van der Waals surface area contributed by atoms with Gasteiger partial charge < -0.3 is 19.5 Å². The molecule has 2 aliphatic rings. The first-order valence-electron chi connectivity index (χ1n) is 8.65. The predicted octanol–water partition coefficient (Wildman–Crippen LogP) is 2.94. The van der Waals surface area contributed by atoms with Crippen LogP contribution < -0.4 is 9.47 Å². The third-order valence-electron chi connectivity index (χ3n) is 4.86. The van der Waals surface area contributed by atoms with E-state index in [-0.39, 0.29) is 5.91 Å². The topological polar surface area (TPSA) is 76.1 Å². The molecular formula is C20H19NO5. The van der Waals surface area contributed by atoms with Crippen LogP contribution in [0.5, 0.6) is 11.5 Å². The molecule has 1 atom stereocenters. The van der Waals surface area contributed by atoms with Gasteiger partial charge in [0.2, 0.25) is 0 Å². The second kappa shape index (κ2) is 6.37. The summed E-state index contributed by atoms with van der Waals surface area (Å²) in [7, 11) is 0. The van der Waals surface area contributed by atoms with Crippen LogP contribution in [-0.2, 0) is 11.3 Å². The van der Waals surface area contributed by atoms with Crippen molar-refractivity contribution >= 4 is 11.9 Å². The fourth-order valence-electron chi connectivity index (χ4n) is 3.53. The van der Waals surface area contributed by atoms with Crippen LogP contribution in [0.2, 0.25) is 0 Å². The first-order valence-corrected chi connectivity index (χ1v) is 8.65. The molecule has 2 aromatic rings. The lowest BCUT2D eigenvalue weighted by Gasteiger charge is -2.22. The number of carboxylic acid groups (broad SMARTS) is 1. The van der Waals surface area contributed by atoms with Crippen LogP contribution in [0, 0.1) is 0 Å². The molecule has 0 saturated carbocycles. The van der Waals surface area contributed by atoms with E-state index < -0.39 is 12.0 Å². The molecule has 0 spiro atoms. The summed E-state index contributed by atoms with van der Waals surface area (Å²) in [6.45, 7) is 3.16. The van der Waals surface area contributed by atoms with Crippen LogP contribution >= 0.6 is 0 Å². The third kappa shape index (κ3) is 2.67. The van der Waals surface area contributed by atoms with Crippen molar-refractivity contribution in [2.75, 3.05) is 13.2 Å². The maximum absolute atomic E-state index is 12.6. The van der Waals surface area contributed by atoms with Crippen LogP contribution in [0.1, 0.15) is 29.3 Å². The molecule has 26 heavy (non-hydrogen) atoms. The number of hydrogen-bond acceptors (Lipinski definition) is 4. The smallest absolute Gasteiger partial charge is 0.326 e. The molecule has 2 aliphatic heterocycles. The number of amides is 1. The predicted molar refractivity (Wildman–Crippen MR) is 94.5 cm³/mol. The molecule has 6 heteroatoms. The second-order valence-corrected chi connectivity index (χ2v) is 6.43. The van der Waals surface area contributed by atoms with Crippen molar-refractivity contribution in [2.45, 2.75) is 25.9 Å². The lowest BCUT2D eigenvalue weighted by atomic mass is 10.00. The monoisotopic (exact) mass is 353 g/mol. The summed E-state index contributed by atoms with van der Waals surface area (Å²) in [5.74, 6) is 0.252. The molecular weight excluding hydrogens is 334 g/mol. The number of carboxylic acids is 1. The Morgan fingerprint density at radius 2 is 1.81 bits per heavy atom. The number of fused-ring (bicyclic) bond motifs is 2. The van der Waals surface area contributed by atoms with Gasteiger partial charge in [0, 0.05) is 12.1 Å². The molecule has 0 aliphatic carbocycles. The quantitative estimate of drug-likeness (QED) is 0.915. The van der Waals surface area contributed by atoms with E-state index in [2.05, 4.69) is 0 Å². The van der Waals surface area contributed by atoms with Gasteiger partial charge in [0.1, 0.15) is 19.3 Å². The van der Waals surface area contributed by atoms with Crippen molar-refractivity contribution in [3.63, 3.8) is 0 Å². The van der Waals surface area contributed by atoms with Gasteiger partial charge >= 0.3 is 5.97 Å². The third-order valence-corrected chi connectivity index (χ3v) is 4.86. The van der Waals surface area contributed by atoms with Crippen LogP contribution in [0.3, 0.4) is 0 Å². The van der Waals surface area contributed by atoms with E-state index in [1.807, 2.05) is 30.3 Å². The number of carbonyl (C=O) groups is 2. The van der Waals surface area contributed by atoms with Gasteiger partial charge in [-0.05, 0) is 47.4 Å². The average molecular weight is 353 g/mol. The van der Waals surface area contributed by atoms with Crippen molar-refractivity contribution in [3.05, 3.63) is 47.5 Å². The van der Waals surface area contributed by atoms with Crippen molar-refractivity contribution in [1.82, 2.24) is 4.90 Å². The van der Waals surface area contributed by atoms with Crippen molar-refractivity contribution in [1.29, 1.82) is 0 Å². The first kappa shape index (κ1) is 16.4. The molecule has 2 aromatic carbocycles. The second-order valence-electron chi connectivity index (χ2n) is 6.43. The van der Waals surface area contributed by atoms with Crippen LogP contribution in [-0.4, -0.2) is 41.1 Å². The number of benzene rings is 2. The maximum atomic E-state index is 12.6. The Balaban J connectivity index is 1.66. The number of ether oxygens (including phenoxy) is 2. The number of carbonyl (C=O) groups excluding carboxylic acids is 1. The minimum Gasteiger partial charge on any atom is -0.486 e. The normalized spacial score (nSPS) is 16.3. The van der Waals surface area contributed by atoms with E-state index in [4.69, 9.17) is 9.47 Å². The average Bonchev–Trinajstić information content (AvgIpc) is 2.97. The molecule has 4 rings (SSSR count). The van der Waals surface area contributed by atoms with Crippen molar-refractivity contribution in [3.8, 4) is 22.6 Å². The standard InChI is InChI=1S/C20H19NO5/c1-2-16(20(23)24)21-11-14-9-12(3-5-15(14)19(21)22)13-4-6-17-18(10-13)26-8-7-25-17/h3-6,9-10,16H,2,7-8,11H2,1H3,(H,23,24)/t16-/m0/s1. The molecule has 0 aromatic heterocycles. The van der Waals surface area contributed by atoms with Gasteiger partial charge in [0.05, 0.1) is 0 Å². The van der Waals surface area contributed by atoms with Gasteiger partial charge in [0.15, 0.2) is 11.5 Å². The molecule has 0 unspecified atom stereocenters. The molecule has 134 valence electrons. The summed E-state index contributed by atoms with van der Waals surface area (Å²) in [5, 5.41) is 9.36. The van der Waals surface area contributed by atoms with E-state index in [0.29, 0.717) is 37.5 Å². The lowest BCUT2D eigenvalue weighted by molar-refractivity contribution is -0.142. The van der Waals surface area contributed by atoms with Crippen LogP contribution in [0.25, 0.3) is 11.1 Å². The zero-order valence-corrected chi connectivity index (χ0v) is 14.4. The highest BCUT2D eigenvalue weighted by Crippen LogP contribution is 2.36. The minimum absolute atomic E-state index is 0.219. The van der Waals surface area contributed by atoms with Crippen molar-refractivity contribution in [2.24, 2.45) is 0 Å². The van der Waals surface area contributed by atoms with Crippen LogP contribution in [0.15, 0.2) is 36.4 Å². The Bertz CT molecular complexity index is 892. The highest BCUT2D eigenvalue weighted by molar-refractivity contribution is 6.01. The Kier molecular flexibility index (Phi) is 4.03. The molecule has 0 bridgehead atoms. The molecule has 0 radical (unpaired) electrons. The Morgan fingerprint density at radius 1 is 1.12 bits per heavy atom. The van der Waals surface area contributed by atoms with Gasteiger partial charge in [0.25, 0.3) is 5.91 Å². The first-order chi connectivity index (χ1) is 12.6.